The second-order valence-corrected chi connectivity index (χ2v) is 6.70. The summed E-state index contributed by atoms with van der Waals surface area (Å²) in [5.41, 5.74) is 0. The van der Waals surface area contributed by atoms with E-state index in [4.69, 9.17) is 0 Å². The minimum absolute atomic E-state index is 0.490. The Morgan fingerprint density at radius 2 is 0.957 bits per heavy atom. The SMILES string of the molecule is CCCCCC#CC(CCC)C(C#CCCCCCC)CCC. The number of hydrogen-bond acceptors (Lipinski definition) is 0. The second-order valence-electron chi connectivity index (χ2n) is 6.70. The van der Waals surface area contributed by atoms with Crippen LogP contribution in [-0.4, -0.2) is 0 Å². The van der Waals surface area contributed by atoms with Crippen molar-refractivity contribution in [2.75, 3.05) is 0 Å². The monoisotopic (exact) mass is 316 g/mol. The highest BCUT2D eigenvalue weighted by atomic mass is 14.2. The molecule has 0 aliphatic carbocycles. The van der Waals surface area contributed by atoms with Crippen molar-refractivity contribution in [1.29, 1.82) is 0 Å². The highest BCUT2D eigenvalue weighted by molar-refractivity contribution is 5.14. The molecule has 23 heavy (non-hydrogen) atoms. The van der Waals surface area contributed by atoms with E-state index < -0.39 is 0 Å². The topological polar surface area (TPSA) is 0 Å². The maximum atomic E-state index is 3.58. The molecule has 2 unspecified atom stereocenters. The average Bonchev–Trinajstić information content (AvgIpc) is 2.56. The Morgan fingerprint density at radius 3 is 1.39 bits per heavy atom. The molecule has 0 aromatic rings. The van der Waals surface area contributed by atoms with E-state index in [-0.39, 0.29) is 0 Å². The van der Waals surface area contributed by atoms with E-state index in [1.807, 2.05) is 0 Å². The lowest BCUT2D eigenvalue weighted by Crippen LogP contribution is -2.11. The molecule has 0 nitrogen and oxygen atoms in total. The van der Waals surface area contributed by atoms with E-state index in [9.17, 15) is 0 Å². The third kappa shape index (κ3) is 13.3. The Balaban J connectivity index is 4.52. The van der Waals surface area contributed by atoms with Crippen molar-refractivity contribution in [3.8, 4) is 23.7 Å². The lowest BCUT2D eigenvalue weighted by molar-refractivity contribution is 0.437. The maximum absolute atomic E-state index is 3.58. The average molecular weight is 317 g/mol. The van der Waals surface area contributed by atoms with Crippen molar-refractivity contribution < 1.29 is 0 Å². The quantitative estimate of drug-likeness (QED) is 0.260. The minimum atomic E-state index is 0.490. The predicted molar refractivity (Wildman–Crippen MR) is 105 cm³/mol. The lowest BCUT2D eigenvalue weighted by atomic mass is 9.86. The van der Waals surface area contributed by atoms with Gasteiger partial charge in [-0.05, 0) is 25.7 Å². The van der Waals surface area contributed by atoms with Crippen LogP contribution < -0.4 is 0 Å². The molecule has 0 heteroatoms. The molecule has 0 aromatic heterocycles. The smallest absolute Gasteiger partial charge is 0.0340 e. The van der Waals surface area contributed by atoms with E-state index in [0.29, 0.717) is 11.8 Å². The van der Waals surface area contributed by atoms with E-state index in [2.05, 4.69) is 51.4 Å². The van der Waals surface area contributed by atoms with Gasteiger partial charge in [0.05, 0.1) is 0 Å². The molecule has 0 saturated heterocycles. The molecule has 0 aliphatic heterocycles. The molecule has 0 heterocycles. The van der Waals surface area contributed by atoms with Crippen LogP contribution >= 0.6 is 0 Å². The second kappa shape index (κ2) is 17.5. The van der Waals surface area contributed by atoms with Crippen molar-refractivity contribution in [1.82, 2.24) is 0 Å². The Morgan fingerprint density at radius 1 is 0.522 bits per heavy atom. The Kier molecular flexibility index (Phi) is 16.8. The fraction of sp³-hybridized carbons (Fsp3) is 0.826. The normalized spacial score (nSPS) is 12.7. The van der Waals surface area contributed by atoms with Gasteiger partial charge in [-0.25, -0.2) is 0 Å². The van der Waals surface area contributed by atoms with Crippen LogP contribution in [-0.2, 0) is 0 Å². The molecule has 0 amide bonds. The van der Waals surface area contributed by atoms with Crippen LogP contribution in [0.5, 0.6) is 0 Å². The van der Waals surface area contributed by atoms with E-state index in [1.165, 1.54) is 70.6 Å². The van der Waals surface area contributed by atoms with Crippen LogP contribution in [0.1, 0.15) is 111 Å². The van der Waals surface area contributed by atoms with Gasteiger partial charge in [0.1, 0.15) is 0 Å². The zero-order chi connectivity index (χ0) is 17.2. The van der Waals surface area contributed by atoms with Crippen molar-refractivity contribution in [3.05, 3.63) is 0 Å². The molecule has 0 bridgehead atoms. The molecule has 0 spiro atoms. The molecule has 0 radical (unpaired) electrons. The van der Waals surface area contributed by atoms with Gasteiger partial charge in [-0.15, -0.1) is 11.8 Å². The third-order valence-electron chi connectivity index (χ3n) is 4.32. The van der Waals surface area contributed by atoms with Crippen LogP contribution in [0.3, 0.4) is 0 Å². The third-order valence-corrected chi connectivity index (χ3v) is 4.32. The first-order valence-electron chi connectivity index (χ1n) is 10.3. The van der Waals surface area contributed by atoms with Crippen LogP contribution in [0.4, 0.5) is 0 Å². The fourth-order valence-electron chi connectivity index (χ4n) is 2.88. The Bertz CT molecular complexity index is 357. The van der Waals surface area contributed by atoms with Gasteiger partial charge in [-0.3, -0.25) is 0 Å². The van der Waals surface area contributed by atoms with E-state index in [1.54, 1.807) is 0 Å². The standard InChI is InChI=1S/C23H40/c1-5-9-11-13-15-17-21-23(19-8-4)22(18-7-3)20-16-14-12-10-6-2/h22-23H,5-15,18-19H2,1-4H3. The van der Waals surface area contributed by atoms with Crippen LogP contribution in [0.2, 0.25) is 0 Å². The highest BCUT2D eigenvalue weighted by Gasteiger charge is 2.15. The van der Waals surface area contributed by atoms with Crippen LogP contribution in [0.15, 0.2) is 0 Å². The van der Waals surface area contributed by atoms with Gasteiger partial charge in [0, 0.05) is 24.7 Å². The Labute approximate surface area is 147 Å². The van der Waals surface area contributed by atoms with Gasteiger partial charge < -0.3 is 0 Å². The summed E-state index contributed by atoms with van der Waals surface area (Å²) in [6, 6.07) is 0. The zero-order valence-corrected chi connectivity index (χ0v) is 16.3. The molecule has 2 atom stereocenters. The maximum Gasteiger partial charge on any atom is 0.0340 e. The minimum Gasteiger partial charge on any atom is -0.103 e. The summed E-state index contributed by atoms with van der Waals surface area (Å²) in [7, 11) is 0. The molecular weight excluding hydrogens is 276 g/mol. The zero-order valence-electron chi connectivity index (χ0n) is 16.3. The predicted octanol–water partition coefficient (Wildman–Crippen LogP) is 7.38. The molecule has 0 aliphatic rings. The number of rotatable bonds is 12. The Hall–Kier alpha value is -0.880. The van der Waals surface area contributed by atoms with Crippen LogP contribution in [0.25, 0.3) is 0 Å². The fourth-order valence-corrected chi connectivity index (χ4v) is 2.88. The summed E-state index contributed by atoms with van der Waals surface area (Å²) in [6.45, 7) is 9.05. The van der Waals surface area contributed by atoms with Crippen molar-refractivity contribution in [3.63, 3.8) is 0 Å². The summed E-state index contributed by atoms with van der Waals surface area (Å²) in [5, 5.41) is 0. The largest absolute Gasteiger partial charge is 0.103 e. The molecule has 0 saturated carbocycles. The molecule has 0 aromatic carbocycles. The van der Waals surface area contributed by atoms with Gasteiger partial charge in [0.15, 0.2) is 0 Å². The van der Waals surface area contributed by atoms with Gasteiger partial charge in [-0.1, -0.05) is 84.5 Å². The molecule has 132 valence electrons. The van der Waals surface area contributed by atoms with Gasteiger partial charge in [0.25, 0.3) is 0 Å². The van der Waals surface area contributed by atoms with Gasteiger partial charge in [0.2, 0.25) is 0 Å². The van der Waals surface area contributed by atoms with Gasteiger partial charge in [-0.2, -0.15) is 0 Å². The summed E-state index contributed by atoms with van der Waals surface area (Å²) in [4.78, 5) is 0. The van der Waals surface area contributed by atoms with Crippen LogP contribution in [0, 0.1) is 35.5 Å². The first-order chi connectivity index (χ1) is 11.3. The highest BCUT2D eigenvalue weighted by Crippen LogP contribution is 2.22. The summed E-state index contributed by atoms with van der Waals surface area (Å²) >= 11 is 0. The van der Waals surface area contributed by atoms with Gasteiger partial charge >= 0.3 is 0 Å². The first kappa shape index (κ1) is 22.1. The van der Waals surface area contributed by atoms with E-state index in [0.717, 1.165) is 12.8 Å². The number of unbranched alkanes of at least 4 members (excludes halogenated alkanes) is 7. The van der Waals surface area contributed by atoms with Crippen molar-refractivity contribution in [2.45, 2.75) is 111 Å². The summed E-state index contributed by atoms with van der Waals surface area (Å²) < 4.78 is 0. The lowest BCUT2D eigenvalue weighted by Gasteiger charge is -2.17. The molecular formula is C23H40. The summed E-state index contributed by atoms with van der Waals surface area (Å²) in [5.74, 6) is 15.0. The first-order valence-corrected chi connectivity index (χ1v) is 10.3. The molecule has 0 N–H and O–H groups in total. The molecule has 0 rings (SSSR count). The number of hydrogen-bond donors (Lipinski definition) is 0. The van der Waals surface area contributed by atoms with Crippen molar-refractivity contribution in [2.24, 2.45) is 11.8 Å². The van der Waals surface area contributed by atoms with E-state index >= 15 is 0 Å². The molecule has 0 fully saturated rings. The van der Waals surface area contributed by atoms with Crippen molar-refractivity contribution >= 4 is 0 Å². The summed E-state index contributed by atoms with van der Waals surface area (Å²) in [6.07, 6.45) is 16.1.